The third-order valence-electron chi connectivity index (χ3n) is 4.85. The van der Waals surface area contributed by atoms with Gasteiger partial charge in [-0.2, -0.15) is 0 Å². The Balaban J connectivity index is 2.16. The van der Waals surface area contributed by atoms with Gasteiger partial charge in [0.25, 0.3) is 0 Å². The lowest BCUT2D eigenvalue weighted by Gasteiger charge is -2.23. The van der Waals surface area contributed by atoms with E-state index in [-0.39, 0.29) is 0 Å². The van der Waals surface area contributed by atoms with Gasteiger partial charge in [0.2, 0.25) is 0 Å². The van der Waals surface area contributed by atoms with Crippen LogP contribution in [0.1, 0.15) is 42.2 Å². The molecule has 0 saturated heterocycles. The van der Waals surface area contributed by atoms with Crippen LogP contribution in [-0.4, -0.2) is 14.2 Å². The molecule has 2 heteroatoms. The van der Waals surface area contributed by atoms with Gasteiger partial charge in [0.15, 0.2) is 0 Å². The van der Waals surface area contributed by atoms with Crippen LogP contribution in [0.15, 0.2) is 24.3 Å². The Labute approximate surface area is 113 Å². The fourth-order valence-corrected chi connectivity index (χ4v) is 4.17. The van der Waals surface area contributed by atoms with E-state index in [1.54, 1.807) is 14.2 Å². The Kier molecular flexibility index (Phi) is 2.29. The highest BCUT2D eigenvalue weighted by atomic mass is 16.5. The maximum absolute atomic E-state index is 5.77. The van der Waals surface area contributed by atoms with Gasteiger partial charge in [-0.15, -0.1) is 0 Å². The molecule has 2 nitrogen and oxygen atoms in total. The summed E-state index contributed by atoms with van der Waals surface area (Å²) in [5, 5.41) is 2.38. The van der Waals surface area contributed by atoms with Crippen molar-refractivity contribution < 1.29 is 9.47 Å². The Morgan fingerprint density at radius 2 is 1.32 bits per heavy atom. The number of rotatable bonds is 2. The summed E-state index contributed by atoms with van der Waals surface area (Å²) in [4.78, 5) is 0. The minimum absolute atomic E-state index is 0.674. The third kappa shape index (κ3) is 1.32. The molecule has 2 bridgehead atoms. The summed E-state index contributed by atoms with van der Waals surface area (Å²) in [6.45, 7) is 0. The van der Waals surface area contributed by atoms with Crippen molar-refractivity contribution in [1.29, 1.82) is 0 Å². The van der Waals surface area contributed by atoms with Gasteiger partial charge < -0.3 is 9.47 Å². The van der Waals surface area contributed by atoms with E-state index < -0.39 is 0 Å². The van der Waals surface area contributed by atoms with E-state index >= 15 is 0 Å². The zero-order valence-corrected chi connectivity index (χ0v) is 11.4. The fraction of sp³-hybridized carbons (Fsp3) is 0.412. The summed E-state index contributed by atoms with van der Waals surface area (Å²) < 4.78 is 11.5. The fourth-order valence-electron chi connectivity index (χ4n) is 4.17. The maximum Gasteiger partial charge on any atom is 0.130 e. The highest BCUT2D eigenvalue weighted by Crippen LogP contribution is 2.60. The molecule has 19 heavy (non-hydrogen) atoms. The number of benzene rings is 2. The zero-order chi connectivity index (χ0) is 13.0. The Bertz CT molecular complexity index is 603. The van der Waals surface area contributed by atoms with E-state index in [0.717, 1.165) is 11.5 Å². The van der Waals surface area contributed by atoms with E-state index in [4.69, 9.17) is 9.47 Å². The predicted octanol–water partition coefficient (Wildman–Crippen LogP) is 4.22. The lowest BCUT2D eigenvalue weighted by molar-refractivity contribution is 0.398. The Hall–Kier alpha value is -1.70. The van der Waals surface area contributed by atoms with Crippen molar-refractivity contribution in [2.75, 3.05) is 14.2 Å². The van der Waals surface area contributed by atoms with Crippen molar-refractivity contribution in [2.45, 2.75) is 31.1 Å². The van der Waals surface area contributed by atoms with Crippen molar-refractivity contribution in [3.8, 4) is 11.5 Å². The van der Waals surface area contributed by atoms with Crippen LogP contribution >= 0.6 is 0 Å². The van der Waals surface area contributed by atoms with E-state index in [1.165, 1.54) is 41.2 Å². The van der Waals surface area contributed by atoms with E-state index in [9.17, 15) is 0 Å². The summed E-state index contributed by atoms with van der Waals surface area (Å²) in [6, 6.07) is 8.43. The van der Waals surface area contributed by atoms with Crippen molar-refractivity contribution in [3.63, 3.8) is 0 Å². The molecule has 0 amide bonds. The van der Waals surface area contributed by atoms with Gasteiger partial charge >= 0.3 is 0 Å². The predicted molar refractivity (Wildman–Crippen MR) is 76.4 cm³/mol. The van der Waals surface area contributed by atoms with Crippen LogP contribution in [0.25, 0.3) is 10.8 Å². The number of hydrogen-bond donors (Lipinski definition) is 0. The molecule has 2 atom stereocenters. The maximum atomic E-state index is 5.77. The normalized spacial score (nSPS) is 23.7. The molecule has 2 aliphatic carbocycles. The Morgan fingerprint density at radius 1 is 0.842 bits per heavy atom. The van der Waals surface area contributed by atoms with Crippen LogP contribution in [0.3, 0.4) is 0 Å². The molecule has 0 radical (unpaired) electrons. The lowest BCUT2D eigenvalue weighted by atomic mass is 9.87. The molecular weight excluding hydrogens is 236 g/mol. The highest BCUT2D eigenvalue weighted by molar-refractivity contribution is 5.97. The van der Waals surface area contributed by atoms with Crippen LogP contribution < -0.4 is 9.47 Å². The molecular formula is C17H18O2. The molecule has 1 fully saturated rings. The molecule has 0 spiro atoms. The Morgan fingerprint density at radius 3 is 1.74 bits per heavy atom. The average Bonchev–Trinajstić information content (AvgIpc) is 3.06. The average molecular weight is 254 g/mol. The zero-order valence-electron chi connectivity index (χ0n) is 11.4. The van der Waals surface area contributed by atoms with Crippen molar-refractivity contribution in [2.24, 2.45) is 0 Å². The van der Waals surface area contributed by atoms with E-state index in [1.807, 2.05) is 0 Å². The van der Waals surface area contributed by atoms with Crippen LogP contribution in [-0.2, 0) is 0 Å². The SMILES string of the molecule is COc1c2c(c(OC)c3ccccc13)[C@H]1CC[C@H]2C1. The first-order chi connectivity index (χ1) is 9.35. The topological polar surface area (TPSA) is 18.5 Å². The van der Waals surface area contributed by atoms with Gasteiger partial charge in [-0.3, -0.25) is 0 Å². The molecule has 98 valence electrons. The summed E-state index contributed by atoms with van der Waals surface area (Å²) in [7, 11) is 3.58. The van der Waals surface area contributed by atoms with E-state index in [2.05, 4.69) is 24.3 Å². The summed E-state index contributed by atoms with van der Waals surface area (Å²) in [6.07, 6.45) is 3.88. The van der Waals surface area contributed by atoms with Gasteiger partial charge in [-0.25, -0.2) is 0 Å². The molecule has 1 saturated carbocycles. The first-order valence-corrected chi connectivity index (χ1v) is 7.01. The van der Waals surface area contributed by atoms with Gasteiger partial charge in [0.05, 0.1) is 14.2 Å². The second-order valence-electron chi connectivity index (χ2n) is 5.65. The minimum atomic E-state index is 0.674. The third-order valence-corrected chi connectivity index (χ3v) is 4.85. The van der Waals surface area contributed by atoms with Crippen molar-refractivity contribution in [3.05, 3.63) is 35.4 Å². The quantitative estimate of drug-likeness (QED) is 0.798. The number of hydrogen-bond acceptors (Lipinski definition) is 2. The molecule has 2 aromatic rings. The molecule has 0 heterocycles. The van der Waals surface area contributed by atoms with E-state index in [0.29, 0.717) is 11.8 Å². The number of ether oxygens (including phenoxy) is 2. The first-order valence-electron chi connectivity index (χ1n) is 7.01. The minimum Gasteiger partial charge on any atom is -0.496 e. The van der Waals surface area contributed by atoms with Crippen LogP contribution in [0.5, 0.6) is 11.5 Å². The lowest BCUT2D eigenvalue weighted by Crippen LogP contribution is -2.05. The summed E-state index contributed by atoms with van der Waals surface area (Å²) in [5.74, 6) is 3.51. The molecule has 4 rings (SSSR count). The summed E-state index contributed by atoms with van der Waals surface area (Å²) in [5.41, 5.74) is 2.85. The highest BCUT2D eigenvalue weighted by Gasteiger charge is 2.42. The molecule has 0 aromatic heterocycles. The number of fused-ring (bicyclic) bond motifs is 6. The smallest absolute Gasteiger partial charge is 0.130 e. The van der Waals surface area contributed by atoms with Gasteiger partial charge in [0.1, 0.15) is 11.5 Å². The molecule has 0 aliphatic heterocycles. The monoisotopic (exact) mass is 254 g/mol. The van der Waals surface area contributed by atoms with Gasteiger partial charge in [-0.1, -0.05) is 24.3 Å². The standard InChI is InChI=1S/C17H18O2/c1-18-16-12-5-3-4-6-13(12)17(19-2)15-11-8-7-10(9-11)14(15)16/h3-6,10-11H,7-9H2,1-2H3/t10-,11-/m0/s1. The van der Waals surface area contributed by atoms with Crippen LogP contribution in [0.2, 0.25) is 0 Å². The number of methoxy groups -OCH3 is 2. The largest absolute Gasteiger partial charge is 0.496 e. The van der Waals surface area contributed by atoms with Gasteiger partial charge in [0, 0.05) is 21.9 Å². The first kappa shape index (κ1) is 11.2. The molecule has 0 unspecified atom stereocenters. The molecule has 2 aliphatic rings. The molecule has 0 N–H and O–H groups in total. The van der Waals surface area contributed by atoms with Crippen molar-refractivity contribution in [1.82, 2.24) is 0 Å². The van der Waals surface area contributed by atoms with Crippen molar-refractivity contribution >= 4 is 10.8 Å². The molecule has 2 aromatic carbocycles. The second-order valence-corrected chi connectivity index (χ2v) is 5.65. The van der Waals surface area contributed by atoms with Crippen LogP contribution in [0, 0.1) is 0 Å². The van der Waals surface area contributed by atoms with Crippen LogP contribution in [0.4, 0.5) is 0 Å². The summed E-state index contributed by atoms with van der Waals surface area (Å²) >= 11 is 0. The second kappa shape index (κ2) is 3.89. The van der Waals surface area contributed by atoms with Gasteiger partial charge in [-0.05, 0) is 31.1 Å².